The zero-order valence-corrected chi connectivity index (χ0v) is 13.0. The molecule has 6 nitrogen and oxygen atoms in total. The topological polar surface area (TPSA) is 56.6 Å². The summed E-state index contributed by atoms with van der Waals surface area (Å²) in [6, 6.07) is 0. The molecule has 1 aliphatic rings. The Hall–Kier alpha value is -1.40. The van der Waals surface area contributed by atoms with Gasteiger partial charge in [0.25, 0.3) is 0 Å². The lowest BCUT2D eigenvalue weighted by Crippen LogP contribution is -2.35. The lowest BCUT2D eigenvalue weighted by molar-refractivity contribution is -0.141. The van der Waals surface area contributed by atoms with E-state index in [1.54, 1.807) is 0 Å². The zero-order chi connectivity index (χ0) is 15.1. The summed E-state index contributed by atoms with van der Waals surface area (Å²) in [6.07, 6.45) is 7.60. The fraction of sp³-hybridized carbons (Fsp3) is 0.733. The van der Waals surface area contributed by atoms with Gasteiger partial charge in [-0.1, -0.05) is 0 Å². The predicted molar refractivity (Wildman–Crippen MR) is 79.0 cm³/mol. The van der Waals surface area contributed by atoms with Gasteiger partial charge >= 0.3 is 5.97 Å². The highest BCUT2D eigenvalue weighted by molar-refractivity contribution is 5.69. The number of carbonyl (C=O) groups is 1. The van der Waals surface area contributed by atoms with Crippen molar-refractivity contribution >= 4 is 5.97 Å². The quantitative estimate of drug-likeness (QED) is 0.670. The maximum absolute atomic E-state index is 11.3. The van der Waals surface area contributed by atoms with E-state index in [2.05, 4.69) is 9.88 Å². The largest absolute Gasteiger partial charge is 0.469 e. The van der Waals surface area contributed by atoms with Gasteiger partial charge in [-0.25, -0.2) is 4.98 Å². The molecule has 0 radical (unpaired) electrons. The van der Waals surface area contributed by atoms with Crippen LogP contribution in [0.5, 0.6) is 0 Å². The summed E-state index contributed by atoms with van der Waals surface area (Å²) in [5.41, 5.74) is 0. The molecular formula is C15H25N3O3. The standard InChI is InChI=1S/C15H25N3O3/c1-17-10-7-16-14(17)5-8-18(9-6-15(19)20-2)12-13-4-3-11-21-13/h7,10,13H,3-6,8-9,11-12H2,1-2H3. The van der Waals surface area contributed by atoms with Crippen molar-refractivity contribution in [1.29, 1.82) is 0 Å². The first-order chi connectivity index (χ1) is 10.2. The number of nitrogens with zero attached hydrogens (tertiary/aromatic N) is 3. The van der Waals surface area contributed by atoms with Gasteiger partial charge in [0.15, 0.2) is 0 Å². The molecule has 21 heavy (non-hydrogen) atoms. The minimum Gasteiger partial charge on any atom is -0.469 e. The summed E-state index contributed by atoms with van der Waals surface area (Å²) in [5.74, 6) is 0.898. The summed E-state index contributed by atoms with van der Waals surface area (Å²) < 4.78 is 12.5. The Morgan fingerprint density at radius 2 is 2.43 bits per heavy atom. The molecular weight excluding hydrogens is 270 g/mol. The highest BCUT2D eigenvalue weighted by Crippen LogP contribution is 2.14. The second-order valence-corrected chi connectivity index (χ2v) is 5.47. The number of hydrogen-bond acceptors (Lipinski definition) is 5. The van der Waals surface area contributed by atoms with E-state index in [0.29, 0.717) is 19.1 Å². The Balaban J connectivity index is 1.84. The molecule has 0 spiro atoms. The summed E-state index contributed by atoms with van der Waals surface area (Å²) >= 11 is 0. The molecule has 0 bridgehead atoms. The molecule has 2 heterocycles. The second-order valence-electron chi connectivity index (χ2n) is 5.47. The van der Waals surface area contributed by atoms with Crippen LogP contribution in [-0.4, -0.2) is 59.9 Å². The van der Waals surface area contributed by atoms with E-state index in [-0.39, 0.29) is 5.97 Å². The number of aryl methyl sites for hydroxylation is 1. The van der Waals surface area contributed by atoms with Gasteiger partial charge in [-0.2, -0.15) is 0 Å². The van der Waals surface area contributed by atoms with Gasteiger partial charge < -0.3 is 14.0 Å². The highest BCUT2D eigenvalue weighted by Gasteiger charge is 2.20. The molecule has 2 rings (SSSR count). The van der Waals surface area contributed by atoms with E-state index in [4.69, 9.17) is 9.47 Å². The van der Waals surface area contributed by atoms with Crippen molar-refractivity contribution in [1.82, 2.24) is 14.5 Å². The Bertz CT molecular complexity index is 441. The Morgan fingerprint density at radius 1 is 1.57 bits per heavy atom. The van der Waals surface area contributed by atoms with Crippen LogP contribution in [0, 0.1) is 0 Å². The van der Waals surface area contributed by atoms with Crippen LogP contribution in [0.25, 0.3) is 0 Å². The number of esters is 1. The molecule has 0 N–H and O–H groups in total. The van der Waals surface area contributed by atoms with Crippen molar-refractivity contribution in [3.8, 4) is 0 Å². The number of ether oxygens (including phenoxy) is 2. The van der Waals surface area contributed by atoms with Gasteiger partial charge in [0.05, 0.1) is 19.6 Å². The number of imidazole rings is 1. The lowest BCUT2D eigenvalue weighted by atomic mass is 10.2. The van der Waals surface area contributed by atoms with E-state index in [1.165, 1.54) is 7.11 Å². The third-order valence-electron chi connectivity index (χ3n) is 3.92. The number of rotatable bonds is 8. The van der Waals surface area contributed by atoms with Crippen molar-refractivity contribution in [2.45, 2.75) is 31.8 Å². The van der Waals surface area contributed by atoms with Crippen LogP contribution in [0.2, 0.25) is 0 Å². The maximum atomic E-state index is 11.3. The fourth-order valence-corrected chi connectivity index (χ4v) is 2.62. The third kappa shape index (κ3) is 5.13. The third-order valence-corrected chi connectivity index (χ3v) is 3.92. The zero-order valence-electron chi connectivity index (χ0n) is 13.0. The van der Waals surface area contributed by atoms with Crippen LogP contribution in [0.3, 0.4) is 0 Å². The van der Waals surface area contributed by atoms with Crippen LogP contribution in [0.4, 0.5) is 0 Å². The van der Waals surface area contributed by atoms with Gasteiger partial charge in [-0.15, -0.1) is 0 Å². The summed E-state index contributed by atoms with van der Waals surface area (Å²) in [7, 11) is 3.43. The molecule has 1 fully saturated rings. The van der Waals surface area contributed by atoms with E-state index in [9.17, 15) is 4.79 Å². The molecule has 6 heteroatoms. The van der Waals surface area contributed by atoms with Crippen molar-refractivity contribution in [2.24, 2.45) is 7.05 Å². The van der Waals surface area contributed by atoms with Gasteiger partial charge in [0.2, 0.25) is 0 Å². The molecule has 1 aromatic heterocycles. The first-order valence-electron chi connectivity index (χ1n) is 7.56. The van der Waals surface area contributed by atoms with Crippen LogP contribution < -0.4 is 0 Å². The second kappa shape index (κ2) is 8.14. The van der Waals surface area contributed by atoms with Gasteiger partial charge in [0.1, 0.15) is 5.82 Å². The Morgan fingerprint density at radius 3 is 3.05 bits per heavy atom. The number of methoxy groups -OCH3 is 1. The van der Waals surface area contributed by atoms with E-state index in [0.717, 1.165) is 44.8 Å². The van der Waals surface area contributed by atoms with Crippen LogP contribution >= 0.6 is 0 Å². The normalized spacial score (nSPS) is 18.3. The van der Waals surface area contributed by atoms with Gasteiger partial charge in [-0.3, -0.25) is 9.69 Å². The first kappa shape index (κ1) is 16.0. The number of carbonyl (C=O) groups excluding carboxylic acids is 1. The van der Waals surface area contributed by atoms with Crippen LogP contribution in [-0.2, 0) is 27.7 Å². The van der Waals surface area contributed by atoms with Crippen molar-refractivity contribution < 1.29 is 14.3 Å². The predicted octanol–water partition coefficient (Wildman–Crippen LogP) is 1.01. The SMILES string of the molecule is COC(=O)CCN(CCc1nccn1C)CC1CCCO1. The molecule has 1 aliphatic heterocycles. The molecule has 0 aromatic carbocycles. The van der Waals surface area contributed by atoms with E-state index < -0.39 is 0 Å². The summed E-state index contributed by atoms with van der Waals surface area (Å²) in [5, 5.41) is 0. The first-order valence-corrected chi connectivity index (χ1v) is 7.56. The molecule has 1 unspecified atom stereocenters. The fourth-order valence-electron chi connectivity index (χ4n) is 2.62. The number of aromatic nitrogens is 2. The Kier molecular flexibility index (Phi) is 6.20. The van der Waals surface area contributed by atoms with E-state index in [1.807, 2.05) is 24.0 Å². The smallest absolute Gasteiger partial charge is 0.306 e. The molecule has 1 aromatic rings. The lowest BCUT2D eigenvalue weighted by Gasteiger charge is -2.24. The molecule has 0 saturated carbocycles. The number of hydrogen-bond donors (Lipinski definition) is 0. The minimum absolute atomic E-state index is 0.163. The van der Waals surface area contributed by atoms with Crippen molar-refractivity contribution in [3.63, 3.8) is 0 Å². The van der Waals surface area contributed by atoms with Crippen LogP contribution in [0.15, 0.2) is 12.4 Å². The summed E-state index contributed by atoms with van der Waals surface area (Å²) in [6.45, 7) is 3.31. The van der Waals surface area contributed by atoms with Crippen molar-refractivity contribution in [3.05, 3.63) is 18.2 Å². The van der Waals surface area contributed by atoms with Crippen LogP contribution in [0.1, 0.15) is 25.1 Å². The van der Waals surface area contributed by atoms with Gasteiger partial charge in [0, 0.05) is 52.1 Å². The maximum Gasteiger partial charge on any atom is 0.306 e. The molecule has 0 amide bonds. The molecule has 1 saturated heterocycles. The van der Waals surface area contributed by atoms with Gasteiger partial charge in [-0.05, 0) is 12.8 Å². The summed E-state index contributed by atoms with van der Waals surface area (Å²) in [4.78, 5) is 18.0. The molecule has 1 atom stereocenters. The van der Waals surface area contributed by atoms with E-state index >= 15 is 0 Å². The minimum atomic E-state index is -0.163. The molecule has 118 valence electrons. The Labute approximate surface area is 126 Å². The van der Waals surface area contributed by atoms with Crippen molar-refractivity contribution in [2.75, 3.05) is 33.4 Å². The monoisotopic (exact) mass is 295 g/mol. The average molecular weight is 295 g/mol. The molecule has 0 aliphatic carbocycles. The average Bonchev–Trinajstić information content (AvgIpc) is 3.13. The highest BCUT2D eigenvalue weighted by atomic mass is 16.5.